The third-order valence-electron chi connectivity index (χ3n) is 4.85. The Hall–Kier alpha value is -1.62. The minimum atomic E-state index is -1.04. The molecule has 3 nitrogen and oxygen atoms in total. The van der Waals surface area contributed by atoms with E-state index >= 15 is 0 Å². The zero-order valence-corrected chi connectivity index (χ0v) is 17.8. The van der Waals surface area contributed by atoms with E-state index < -0.39 is 16.3 Å². The summed E-state index contributed by atoms with van der Waals surface area (Å²) in [5.74, 6) is 0.307. The summed E-state index contributed by atoms with van der Waals surface area (Å²) >= 11 is 12.4. The van der Waals surface area contributed by atoms with Gasteiger partial charge in [-0.25, -0.2) is 0 Å². The lowest BCUT2D eigenvalue weighted by Gasteiger charge is -2.37. The molecule has 0 bridgehead atoms. The van der Waals surface area contributed by atoms with Crippen molar-refractivity contribution in [3.05, 3.63) is 75.3 Å². The first-order valence-corrected chi connectivity index (χ1v) is 11.0. The van der Waals surface area contributed by atoms with E-state index in [0.29, 0.717) is 27.9 Å². The Morgan fingerprint density at radius 1 is 1.07 bits per heavy atom. The highest BCUT2D eigenvalue weighted by molar-refractivity contribution is 7.84. The molecule has 0 aliphatic carbocycles. The number of nitrogens with zero attached hydrogens (tertiary/aromatic N) is 1. The van der Waals surface area contributed by atoms with Gasteiger partial charge in [0.25, 0.3) is 5.91 Å². The fraction of sp³-hybridized carbons (Fsp3) is 0.286. The van der Waals surface area contributed by atoms with Gasteiger partial charge in [0.05, 0.1) is 5.54 Å². The fourth-order valence-electron chi connectivity index (χ4n) is 3.44. The van der Waals surface area contributed by atoms with Crippen molar-refractivity contribution in [1.82, 2.24) is 4.90 Å². The largest absolute Gasteiger partial charge is 0.325 e. The molecule has 6 heteroatoms. The van der Waals surface area contributed by atoms with E-state index in [1.807, 2.05) is 56.3 Å². The van der Waals surface area contributed by atoms with Gasteiger partial charge in [-0.3, -0.25) is 9.00 Å². The van der Waals surface area contributed by atoms with Crippen LogP contribution in [-0.4, -0.2) is 33.6 Å². The van der Waals surface area contributed by atoms with Gasteiger partial charge < -0.3 is 4.90 Å². The van der Waals surface area contributed by atoms with Crippen molar-refractivity contribution in [2.24, 2.45) is 0 Å². The lowest BCUT2D eigenvalue weighted by Crippen LogP contribution is -2.43. The van der Waals surface area contributed by atoms with Crippen LogP contribution >= 0.6 is 23.2 Å². The van der Waals surface area contributed by atoms with E-state index in [1.54, 1.807) is 17.2 Å². The summed E-state index contributed by atoms with van der Waals surface area (Å²) in [6.45, 7) is 4.38. The molecule has 0 fully saturated rings. The lowest BCUT2D eigenvalue weighted by molar-refractivity contribution is -0.128. The van der Waals surface area contributed by atoms with Gasteiger partial charge in [0.1, 0.15) is 0 Å². The van der Waals surface area contributed by atoms with E-state index in [0.717, 1.165) is 16.7 Å². The molecule has 2 aromatic rings. The lowest BCUT2D eigenvalue weighted by atomic mass is 9.92. The molecule has 0 saturated carbocycles. The number of rotatable bonds is 5. The topological polar surface area (TPSA) is 37.4 Å². The van der Waals surface area contributed by atoms with Crippen molar-refractivity contribution in [2.45, 2.75) is 19.4 Å². The predicted molar refractivity (Wildman–Crippen MR) is 113 cm³/mol. The Morgan fingerprint density at radius 2 is 1.67 bits per heavy atom. The maximum Gasteiger partial charge on any atom is 0.255 e. The molecule has 2 aromatic carbocycles. The third kappa shape index (κ3) is 4.13. The predicted octanol–water partition coefficient (Wildman–Crippen LogP) is 4.90. The van der Waals surface area contributed by atoms with Crippen LogP contribution in [0.2, 0.25) is 10.0 Å². The fourth-order valence-corrected chi connectivity index (χ4v) is 4.69. The monoisotopic (exact) mass is 421 g/mol. The van der Waals surface area contributed by atoms with Crippen molar-refractivity contribution in [3.8, 4) is 0 Å². The summed E-state index contributed by atoms with van der Waals surface area (Å²) in [4.78, 5) is 15.2. The standard InChI is InChI=1S/C21H21Cl2NO2S/c1-21(2,16-9-17(22)11-18(23)10-16)24-12-15(13-27(3)26)19(20(24)25)14-7-5-4-6-8-14/h4-11H,12-13H2,1-3H3. The zero-order chi connectivity index (χ0) is 19.8. The van der Waals surface area contributed by atoms with Gasteiger partial charge in [0, 0.05) is 45.0 Å². The molecule has 142 valence electrons. The molecule has 0 aromatic heterocycles. The molecule has 27 heavy (non-hydrogen) atoms. The third-order valence-corrected chi connectivity index (χ3v) is 6.04. The summed E-state index contributed by atoms with van der Waals surface area (Å²) in [6.07, 6.45) is 1.66. The van der Waals surface area contributed by atoms with Crippen molar-refractivity contribution in [1.29, 1.82) is 0 Å². The number of carbonyl (C=O) groups excluding carboxylic acids is 1. The summed E-state index contributed by atoms with van der Waals surface area (Å²) < 4.78 is 11.9. The average Bonchev–Trinajstić information content (AvgIpc) is 2.91. The van der Waals surface area contributed by atoms with Crippen LogP contribution < -0.4 is 0 Å². The second-order valence-electron chi connectivity index (χ2n) is 7.17. The Balaban J connectivity index is 2.04. The van der Waals surface area contributed by atoms with Gasteiger partial charge in [-0.1, -0.05) is 53.5 Å². The number of hydrogen-bond donors (Lipinski definition) is 0. The molecule has 0 radical (unpaired) electrons. The highest BCUT2D eigenvalue weighted by atomic mass is 35.5. The molecule has 3 rings (SSSR count). The second-order valence-corrected chi connectivity index (χ2v) is 9.48. The average molecular weight is 422 g/mol. The van der Waals surface area contributed by atoms with Crippen LogP contribution in [0.1, 0.15) is 25.0 Å². The van der Waals surface area contributed by atoms with Gasteiger partial charge in [-0.15, -0.1) is 0 Å². The number of hydrogen-bond acceptors (Lipinski definition) is 2. The summed E-state index contributed by atoms with van der Waals surface area (Å²) in [6, 6.07) is 14.9. The van der Waals surface area contributed by atoms with Crippen LogP contribution in [0.25, 0.3) is 5.57 Å². The van der Waals surface area contributed by atoms with Gasteiger partial charge in [-0.05, 0) is 48.7 Å². The number of amides is 1. The molecule has 0 spiro atoms. The Bertz CT molecular complexity index is 918. The Labute approximate surface area is 172 Å². The van der Waals surface area contributed by atoms with E-state index in [4.69, 9.17) is 23.2 Å². The normalized spacial score (nSPS) is 16.2. The van der Waals surface area contributed by atoms with Gasteiger partial charge in [-0.2, -0.15) is 0 Å². The molecule has 1 aliphatic heterocycles. The molecule has 1 unspecified atom stereocenters. The molecule has 0 N–H and O–H groups in total. The van der Waals surface area contributed by atoms with Crippen LogP contribution in [-0.2, 0) is 21.1 Å². The smallest absolute Gasteiger partial charge is 0.255 e. The quantitative estimate of drug-likeness (QED) is 0.687. The van der Waals surface area contributed by atoms with Crippen molar-refractivity contribution >= 4 is 45.5 Å². The van der Waals surface area contributed by atoms with Crippen molar-refractivity contribution < 1.29 is 9.00 Å². The van der Waals surface area contributed by atoms with E-state index in [9.17, 15) is 9.00 Å². The molecule has 1 amide bonds. The minimum absolute atomic E-state index is 0.0669. The van der Waals surface area contributed by atoms with Gasteiger partial charge in [0.2, 0.25) is 0 Å². The highest BCUT2D eigenvalue weighted by Gasteiger charge is 2.40. The summed E-state index contributed by atoms with van der Waals surface area (Å²) in [5.41, 5.74) is 2.63. The Morgan fingerprint density at radius 3 is 2.22 bits per heavy atom. The first-order valence-electron chi connectivity index (χ1n) is 8.56. The maximum absolute atomic E-state index is 13.4. The first-order chi connectivity index (χ1) is 12.7. The maximum atomic E-state index is 13.4. The molecule has 1 aliphatic rings. The summed E-state index contributed by atoms with van der Waals surface area (Å²) in [7, 11) is -1.04. The molecule has 1 atom stereocenters. The van der Waals surface area contributed by atoms with Crippen LogP contribution in [0.5, 0.6) is 0 Å². The molecule has 0 saturated heterocycles. The van der Waals surface area contributed by atoms with Crippen LogP contribution in [0.3, 0.4) is 0 Å². The van der Waals surface area contributed by atoms with Gasteiger partial charge >= 0.3 is 0 Å². The molecular weight excluding hydrogens is 401 g/mol. The second kappa shape index (κ2) is 7.78. The SMILES string of the molecule is CS(=O)CC1=C(c2ccccc2)C(=O)N(C(C)(C)c2cc(Cl)cc(Cl)c2)C1. The summed E-state index contributed by atoms with van der Waals surface area (Å²) in [5, 5.41) is 1.06. The van der Waals surface area contributed by atoms with E-state index in [1.165, 1.54) is 0 Å². The number of carbonyl (C=O) groups is 1. The van der Waals surface area contributed by atoms with Crippen molar-refractivity contribution in [3.63, 3.8) is 0 Å². The number of halogens is 2. The minimum Gasteiger partial charge on any atom is -0.325 e. The van der Waals surface area contributed by atoms with Crippen LogP contribution in [0.4, 0.5) is 0 Å². The number of benzene rings is 2. The van der Waals surface area contributed by atoms with Crippen LogP contribution in [0.15, 0.2) is 54.1 Å². The van der Waals surface area contributed by atoms with E-state index in [-0.39, 0.29) is 5.91 Å². The van der Waals surface area contributed by atoms with Crippen molar-refractivity contribution in [2.75, 3.05) is 18.6 Å². The zero-order valence-electron chi connectivity index (χ0n) is 15.5. The molecule has 1 heterocycles. The van der Waals surface area contributed by atoms with Crippen LogP contribution in [0, 0.1) is 0 Å². The van der Waals surface area contributed by atoms with E-state index in [2.05, 4.69) is 0 Å². The first kappa shape index (κ1) is 20.1. The Kier molecular flexibility index (Phi) is 5.80. The molecular formula is C21H21Cl2NO2S. The van der Waals surface area contributed by atoms with Gasteiger partial charge in [0.15, 0.2) is 0 Å². The highest BCUT2D eigenvalue weighted by Crippen LogP contribution is 2.39.